The summed E-state index contributed by atoms with van der Waals surface area (Å²) in [6, 6.07) is 14.2. The van der Waals surface area contributed by atoms with E-state index in [-0.39, 0.29) is 18.9 Å². The molecule has 0 spiro atoms. The maximum absolute atomic E-state index is 11.7. The topological polar surface area (TPSA) is 67.4 Å². The molecule has 2 N–H and O–H groups in total. The number of ether oxygens (including phenoxy) is 1. The van der Waals surface area contributed by atoms with Crippen molar-refractivity contribution < 1.29 is 14.3 Å². The molecule has 2 rings (SSSR count). The molecule has 0 aliphatic heterocycles. The number of carbonyl (C=O) groups is 2. The van der Waals surface area contributed by atoms with Gasteiger partial charge in [-0.3, -0.25) is 20.4 Å². The number of hydrogen-bond acceptors (Lipinski definition) is 3. The second-order valence-electron chi connectivity index (χ2n) is 4.62. The van der Waals surface area contributed by atoms with Crippen LogP contribution in [0.25, 0.3) is 0 Å². The first-order chi connectivity index (χ1) is 11.0. The van der Waals surface area contributed by atoms with E-state index < -0.39 is 5.91 Å². The van der Waals surface area contributed by atoms with Crippen LogP contribution in [0.15, 0.2) is 53.0 Å². The van der Waals surface area contributed by atoms with Crippen molar-refractivity contribution >= 4 is 39.3 Å². The van der Waals surface area contributed by atoms with Gasteiger partial charge in [0, 0.05) is 5.02 Å². The van der Waals surface area contributed by atoms with Gasteiger partial charge in [0.25, 0.3) is 5.91 Å². The van der Waals surface area contributed by atoms with Crippen molar-refractivity contribution in [3.63, 3.8) is 0 Å². The SMILES string of the molecule is O=C(COc1ccc(Cl)cc1Br)NNC(=O)Cc1ccccc1. The predicted octanol–water partition coefficient (Wildman–Crippen LogP) is 2.87. The molecule has 0 atom stereocenters. The summed E-state index contributed by atoms with van der Waals surface area (Å²) in [7, 11) is 0. The van der Waals surface area contributed by atoms with Gasteiger partial charge in [-0.1, -0.05) is 41.9 Å². The van der Waals surface area contributed by atoms with E-state index in [1.165, 1.54) is 0 Å². The van der Waals surface area contributed by atoms with Gasteiger partial charge < -0.3 is 4.74 Å². The Labute approximate surface area is 147 Å². The predicted molar refractivity (Wildman–Crippen MR) is 91.1 cm³/mol. The van der Waals surface area contributed by atoms with Crippen LogP contribution in [-0.2, 0) is 16.0 Å². The highest BCUT2D eigenvalue weighted by Crippen LogP contribution is 2.27. The molecule has 0 unspecified atom stereocenters. The maximum atomic E-state index is 11.7. The Kier molecular flexibility index (Phi) is 6.43. The van der Waals surface area contributed by atoms with Crippen molar-refractivity contribution in [2.75, 3.05) is 6.61 Å². The molecule has 23 heavy (non-hydrogen) atoms. The van der Waals surface area contributed by atoms with Gasteiger partial charge in [-0.25, -0.2) is 0 Å². The van der Waals surface area contributed by atoms with E-state index in [0.29, 0.717) is 15.2 Å². The van der Waals surface area contributed by atoms with E-state index in [1.54, 1.807) is 18.2 Å². The third-order valence-electron chi connectivity index (χ3n) is 2.80. The second kappa shape index (κ2) is 8.55. The van der Waals surface area contributed by atoms with E-state index in [1.807, 2.05) is 30.3 Å². The molecule has 0 saturated carbocycles. The molecule has 0 bridgehead atoms. The summed E-state index contributed by atoms with van der Waals surface area (Å²) in [5, 5.41) is 0.557. The molecule has 2 aromatic rings. The lowest BCUT2D eigenvalue weighted by molar-refractivity contribution is -0.129. The van der Waals surface area contributed by atoms with Gasteiger partial charge in [0.05, 0.1) is 10.9 Å². The van der Waals surface area contributed by atoms with Gasteiger partial charge in [0.15, 0.2) is 6.61 Å². The molecule has 7 heteroatoms. The number of nitrogens with one attached hydrogen (secondary N) is 2. The first kappa shape index (κ1) is 17.3. The van der Waals surface area contributed by atoms with Crippen LogP contribution in [0.2, 0.25) is 5.02 Å². The first-order valence-corrected chi connectivity index (χ1v) is 7.91. The molecular weight excluding hydrogens is 384 g/mol. The van der Waals surface area contributed by atoms with Crippen LogP contribution >= 0.6 is 27.5 Å². The van der Waals surface area contributed by atoms with Crippen LogP contribution in [0.4, 0.5) is 0 Å². The van der Waals surface area contributed by atoms with Gasteiger partial charge in [-0.15, -0.1) is 0 Å². The van der Waals surface area contributed by atoms with Gasteiger partial charge in [-0.2, -0.15) is 0 Å². The quantitative estimate of drug-likeness (QED) is 0.762. The molecule has 0 heterocycles. The van der Waals surface area contributed by atoms with Crippen LogP contribution in [0.5, 0.6) is 5.75 Å². The minimum absolute atomic E-state index is 0.185. The second-order valence-corrected chi connectivity index (χ2v) is 5.91. The third kappa shape index (κ3) is 5.92. The van der Waals surface area contributed by atoms with E-state index in [4.69, 9.17) is 16.3 Å². The molecule has 5 nitrogen and oxygen atoms in total. The fourth-order valence-corrected chi connectivity index (χ4v) is 2.53. The minimum atomic E-state index is -0.465. The van der Waals surface area contributed by atoms with Crippen molar-refractivity contribution in [1.82, 2.24) is 10.9 Å². The fourth-order valence-electron chi connectivity index (χ4n) is 1.74. The van der Waals surface area contributed by atoms with Crippen molar-refractivity contribution in [2.24, 2.45) is 0 Å². The van der Waals surface area contributed by atoms with Crippen molar-refractivity contribution in [3.8, 4) is 5.75 Å². The summed E-state index contributed by atoms with van der Waals surface area (Å²) in [5.74, 6) is -0.286. The molecule has 0 aliphatic carbocycles. The third-order valence-corrected chi connectivity index (χ3v) is 3.66. The molecule has 0 aromatic heterocycles. The van der Waals surface area contributed by atoms with Crippen molar-refractivity contribution in [3.05, 3.63) is 63.6 Å². The Hall–Kier alpha value is -2.05. The van der Waals surface area contributed by atoms with Gasteiger partial charge in [0.1, 0.15) is 5.75 Å². The average Bonchev–Trinajstić information content (AvgIpc) is 2.53. The molecular formula is C16H14BrClN2O3. The summed E-state index contributed by atoms with van der Waals surface area (Å²) in [4.78, 5) is 23.4. The van der Waals surface area contributed by atoms with Crippen LogP contribution in [0.3, 0.4) is 0 Å². The molecule has 0 aliphatic rings. The zero-order valence-corrected chi connectivity index (χ0v) is 14.4. The molecule has 0 saturated heterocycles. The zero-order valence-electron chi connectivity index (χ0n) is 12.0. The fraction of sp³-hybridized carbons (Fsp3) is 0.125. The van der Waals surface area contributed by atoms with Gasteiger partial charge in [-0.05, 0) is 39.7 Å². The molecule has 2 amide bonds. The van der Waals surface area contributed by atoms with E-state index >= 15 is 0 Å². The van der Waals surface area contributed by atoms with Gasteiger partial charge in [0.2, 0.25) is 5.91 Å². The lowest BCUT2D eigenvalue weighted by atomic mass is 10.1. The number of hydrazine groups is 1. The number of hydrogen-bond donors (Lipinski definition) is 2. The van der Waals surface area contributed by atoms with Gasteiger partial charge >= 0.3 is 0 Å². The molecule has 0 radical (unpaired) electrons. The summed E-state index contributed by atoms with van der Waals surface area (Å²) in [5.41, 5.74) is 5.50. The van der Waals surface area contributed by atoms with E-state index in [9.17, 15) is 9.59 Å². The van der Waals surface area contributed by atoms with Crippen LogP contribution in [-0.4, -0.2) is 18.4 Å². The molecule has 0 fully saturated rings. The Morgan fingerprint density at radius 1 is 1.04 bits per heavy atom. The summed E-state index contributed by atoms with van der Waals surface area (Å²) < 4.78 is 5.98. The number of benzene rings is 2. The Bertz CT molecular complexity index is 695. The number of halogens is 2. The lowest BCUT2D eigenvalue weighted by Crippen LogP contribution is -2.44. The first-order valence-electron chi connectivity index (χ1n) is 6.74. The lowest BCUT2D eigenvalue weighted by Gasteiger charge is -2.10. The zero-order chi connectivity index (χ0) is 16.7. The number of rotatable bonds is 5. The Balaban J connectivity index is 1.73. The average molecular weight is 398 g/mol. The van der Waals surface area contributed by atoms with Crippen molar-refractivity contribution in [2.45, 2.75) is 6.42 Å². The maximum Gasteiger partial charge on any atom is 0.276 e. The summed E-state index contributed by atoms with van der Waals surface area (Å²) in [6.45, 7) is -0.230. The summed E-state index contributed by atoms with van der Waals surface area (Å²) in [6.07, 6.45) is 0.185. The van der Waals surface area contributed by atoms with E-state index in [2.05, 4.69) is 26.8 Å². The molecule has 120 valence electrons. The van der Waals surface area contributed by atoms with Crippen molar-refractivity contribution in [1.29, 1.82) is 0 Å². The smallest absolute Gasteiger partial charge is 0.276 e. The largest absolute Gasteiger partial charge is 0.483 e. The normalized spacial score (nSPS) is 10.0. The monoisotopic (exact) mass is 396 g/mol. The van der Waals surface area contributed by atoms with E-state index in [0.717, 1.165) is 5.56 Å². The standard InChI is InChI=1S/C16H14BrClN2O3/c17-13-9-12(18)6-7-14(13)23-10-16(22)20-19-15(21)8-11-4-2-1-3-5-11/h1-7,9H,8,10H2,(H,19,21)(H,20,22). The van der Waals surface area contributed by atoms with Crippen LogP contribution in [0.1, 0.15) is 5.56 Å². The van der Waals surface area contributed by atoms with Crippen LogP contribution in [0, 0.1) is 0 Å². The highest BCUT2D eigenvalue weighted by molar-refractivity contribution is 9.10. The highest BCUT2D eigenvalue weighted by atomic mass is 79.9. The number of carbonyl (C=O) groups excluding carboxylic acids is 2. The molecule has 2 aromatic carbocycles. The Morgan fingerprint density at radius 3 is 2.43 bits per heavy atom. The summed E-state index contributed by atoms with van der Waals surface area (Å²) >= 11 is 9.10. The van der Waals surface area contributed by atoms with Crippen LogP contribution < -0.4 is 15.6 Å². The highest BCUT2D eigenvalue weighted by Gasteiger charge is 2.08. The minimum Gasteiger partial charge on any atom is -0.483 e. The Morgan fingerprint density at radius 2 is 1.74 bits per heavy atom. The number of amides is 2.